The van der Waals surface area contributed by atoms with Gasteiger partial charge in [0.2, 0.25) is 5.95 Å². The summed E-state index contributed by atoms with van der Waals surface area (Å²) in [7, 11) is 6.36. The molecule has 7 nitrogen and oxygen atoms in total. The van der Waals surface area contributed by atoms with E-state index in [-0.39, 0.29) is 6.10 Å². The van der Waals surface area contributed by atoms with Crippen molar-refractivity contribution in [3.63, 3.8) is 0 Å². The molecule has 0 aliphatic carbocycles. The number of hydrogen-bond acceptors (Lipinski definition) is 6. The number of H-pyrrole nitrogens is 1. The number of aromatic nitrogens is 3. The van der Waals surface area contributed by atoms with Gasteiger partial charge in [-0.2, -0.15) is 9.97 Å². The summed E-state index contributed by atoms with van der Waals surface area (Å²) in [5, 5.41) is 17.4. The first kappa shape index (κ1) is 20.4. The highest BCUT2D eigenvalue weighted by molar-refractivity contribution is 6.36. The minimum atomic E-state index is -0.202. The first-order valence-corrected chi connectivity index (χ1v) is 10.8. The van der Waals surface area contributed by atoms with Gasteiger partial charge in [-0.1, -0.05) is 23.7 Å². The number of nitrogens with zero attached hydrogens (tertiary/aromatic N) is 3. The van der Waals surface area contributed by atoms with Gasteiger partial charge in [-0.3, -0.25) is 0 Å². The van der Waals surface area contributed by atoms with E-state index >= 15 is 0 Å². The molecule has 2 radical (unpaired) electrons. The molecule has 0 saturated carbocycles. The number of aryl methyl sites for hydroxylation is 1. The normalized spacial score (nSPS) is 14.6. The Bertz CT molecular complexity index is 1250. The monoisotopic (exact) mass is 424 g/mol. The first-order chi connectivity index (χ1) is 15.6. The van der Waals surface area contributed by atoms with Crippen molar-refractivity contribution < 1.29 is 5.11 Å². The van der Waals surface area contributed by atoms with Crippen LogP contribution in [0.3, 0.4) is 0 Å². The van der Waals surface area contributed by atoms with Crippen LogP contribution in [0, 0.1) is 6.92 Å². The van der Waals surface area contributed by atoms with Crippen LogP contribution in [0.1, 0.15) is 18.4 Å². The third kappa shape index (κ3) is 4.14. The molecule has 0 amide bonds. The van der Waals surface area contributed by atoms with E-state index in [4.69, 9.17) is 12.8 Å². The zero-order valence-corrected chi connectivity index (χ0v) is 18.0. The third-order valence-electron chi connectivity index (χ3n) is 5.93. The molecule has 4 N–H and O–H groups in total. The van der Waals surface area contributed by atoms with Gasteiger partial charge < -0.3 is 25.6 Å². The summed E-state index contributed by atoms with van der Waals surface area (Å²) in [5.74, 6) is 1.17. The van der Waals surface area contributed by atoms with Gasteiger partial charge in [0, 0.05) is 36.3 Å². The molecule has 160 valence electrons. The predicted octanol–water partition coefficient (Wildman–Crippen LogP) is 3.51. The highest BCUT2D eigenvalue weighted by atomic mass is 16.3. The van der Waals surface area contributed by atoms with Gasteiger partial charge >= 0.3 is 0 Å². The number of aliphatic hydroxyl groups is 1. The summed E-state index contributed by atoms with van der Waals surface area (Å²) in [6, 6.07) is 16.0. The van der Waals surface area contributed by atoms with E-state index < -0.39 is 0 Å². The Morgan fingerprint density at radius 2 is 1.84 bits per heavy atom. The second-order valence-electron chi connectivity index (χ2n) is 8.19. The van der Waals surface area contributed by atoms with Crippen molar-refractivity contribution in [1.82, 2.24) is 15.0 Å². The molecule has 0 unspecified atom stereocenters. The van der Waals surface area contributed by atoms with Crippen LogP contribution in [0.25, 0.3) is 11.0 Å². The molecule has 8 heteroatoms. The number of piperidine rings is 1. The average molecular weight is 424 g/mol. The molecule has 5 rings (SSSR count). The maximum Gasteiger partial charge on any atom is 0.231 e. The number of aromatic amines is 1. The van der Waals surface area contributed by atoms with Gasteiger partial charge in [0.15, 0.2) is 0 Å². The lowest BCUT2D eigenvalue weighted by molar-refractivity contribution is 0.145. The smallest absolute Gasteiger partial charge is 0.231 e. The van der Waals surface area contributed by atoms with Crippen molar-refractivity contribution in [3.8, 4) is 0 Å². The van der Waals surface area contributed by atoms with Crippen LogP contribution in [0.4, 0.5) is 28.8 Å². The fourth-order valence-electron chi connectivity index (χ4n) is 4.04. The fraction of sp³-hybridized carbons (Fsp3) is 0.250. The summed E-state index contributed by atoms with van der Waals surface area (Å²) < 4.78 is 0. The Balaban J connectivity index is 1.41. The van der Waals surface area contributed by atoms with Crippen LogP contribution in [0.15, 0.2) is 54.7 Å². The van der Waals surface area contributed by atoms with E-state index in [9.17, 15) is 5.11 Å². The van der Waals surface area contributed by atoms with E-state index in [1.807, 2.05) is 48.7 Å². The maximum atomic E-state index is 9.74. The standard InChI is InChI=1S/C24H25BN6O/c1-15-4-2-3-5-20(15)27-23-18-8-11-26-22(18)29-24(30-23)28-21-7-6-16(14-19(21)25)31-12-9-17(32)10-13-31/h2-8,11,14,17,32H,9-10,12-13H2,1H3,(H3,26,27,28,29,30). The molecule has 0 spiro atoms. The number of nitrogens with one attached hydrogen (secondary N) is 3. The van der Waals surface area contributed by atoms with Crippen molar-refractivity contribution in [2.45, 2.75) is 25.9 Å². The highest BCUT2D eigenvalue weighted by Crippen LogP contribution is 2.27. The molecule has 0 atom stereocenters. The summed E-state index contributed by atoms with van der Waals surface area (Å²) >= 11 is 0. The molecule has 1 fully saturated rings. The number of anilines is 5. The van der Waals surface area contributed by atoms with E-state index in [1.165, 1.54) is 0 Å². The molecule has 1 aliphatic heterocycles. The molecule has 32 heavy (non-hydrogen) atoms. The minimum absolute atomic E-state index is 0.202. The lowest BCUT2D eigenvalue weighted by Crippen LogP contribution is -2.36. The van der Waals surface area contributed by atoms with Gasteiger partial charge in [0.1, 0.15) is 19.3 Å². The van der Waals surface area contributed by atoms with E-state index in [0.29, 0.717) is 11.4 Å². The summed E-state index contributed by atoms with van der Waals surface area (Å²) in [4.78, 5) is 14.7. The molecular formula is C24H25BN6O. The summed E-state index contributed by atoms with van der Waals surface area (Å²) in [6.07, 6.45) is 3.21. The topological polar surface area (TPSA) is 89.1 Å². The van der Waals surface area contributed by atoms with Crippen LogP contribution < -0.4 is 21.0 Å². The molecular weight excluding hydrogens is 399 g/mol. The number of rotatable bonds is 5. The molecule has 1 saturated heterocycles. The van der Waals surface area contributed by atoms with Crippen LogP contribution >= 0.6 is 0 Å². The van der Waals surface area contributed by atoms with Gasteiger partial charge in [-0.15, -0.1) is 0 Å². The van der Waals surface area contributed by atoms with Crippen molar-refractivity contribution in [1.29, 1.82) is 0 Å². The van der Waals surface area contributed by atoms with E-state index in [0.717, 1.165) is 65.4 Å². The van der Waals surface area contributed by atoms with E-state index in [1.54, 1.807) is 0 Å². The zero-order valence-electron chi connectivity index (χ0n) is 18.0. The summed E-state index contributed by atoms with van der Waals surface area (Å²) in [5.41, 5.74) is 5.29. The van der Waals surface area contributed by atoms with Crippen molar-refractivity contribution >= 4 is 53.2 Å². The van der Waals surface area contributed by atoms with Gasteiger partial charge in [0.25, 0.3) is 0 Å². The zero-order chi connectivity index (χ0) is 22.1. The molecule has 3 heterocycles. The van der Waals surface area contributed by atoms with Crippen molar-refractivity contribution in [2.24, 2.45) is 0 Å². The quantitative estimate of drug-likeness (QED) is 0.367. The Morgan fingerprint density at radius 1 is 1.03 bits per heavy atom. The number of aliphatic hydroxyl groups excluding tert-OH is 1. The average Bonchev–Trinajstić information content (AvgIpc) is 3.26. The summed E-state index contributed by atoms with van der Waals surface area (Å²) in [6.45, 7) is 3.71. The van der Waals surface area contributed by atoms with Gasteiger partial charge in [-0.05, 0) is 55.7 Å². The Hall–Kier alpha value is -3.52. The minimum Gasteiger partial charge on any atom is -0.393 e. The molecule has 4 aromatic rings. The second kappa shape index (κ2) is 8.55. The second-order valence-corrected chi connectivity index (χ2v) is 8.19. The largest absolute Gasteiger partial charge is 0.393 e. The third-order valence-corrected chi connectivity index (χ3v) is 5.93. The van der Waals surface area contributed by atoms with Crippen LogP contribution in [-0.2, 0) is 0 Å². The number of fused-ring (bicyclic) bond motifs is 1. The fourth-order valence-corrected chi connectivity index (χ4v) is 4.04. The molecule has 0 bridgehead atoms. The lowest BCUT2D eigenvalue weighted by atomic mass is 9.93. The maximum absolute atomic E-state index is 9.74. The Labute approximate surface area is 188 Å². The lowest BCUT2D eigenvalue weighted by Gasteiger charge is -2.32. The SMILES string of the molecule is [B]c1cc(N2CCC(O)CC2)ccc1Nc1nc(Nc2ccccc2C)c2cc[nH]c2n1. The Kier molecular flexibility index (Phi) is 5.45. The van der Waals surface area contributed by atoms with Gasteiger partial charge in [-0.25, -0.2) is 0 Å². The van der Waals surface area contributed by atoms with Crippen LogP contribution in [0.5, 0.6) is 0 Å². The first-order valence-electron chi connectivity index (χ1n) is 10.8. The predicted molar refractivity (Wildman–Crippen MR) is 131 cm³/mol. The molecule has 2 aromatic heterocycles. The number of hydrogen-bond donors (Lipinski definition) is 4. The van der Waals surface area contributed by atoms with Gasteiger partial charge in [0.05, 0.1) is 11.5 Å². The van der Waals surface area contributed by atoms with Crippen LogP contribution in [0.2, 0.25) is 0 Å². The van der Waals surface area contributed by atoms with E-state index in [2.05, 4.69) is 38.5 Å². The van der Waals surface area contributed by atoms with Crippen LogP contribution in [-0.4, -0.2) is 47.1 Å². The van der Waals surface area contributed by atoms with Crippen molar-refractivity contribution in [3.05, 3.63) is 60.3 Å². The number of para-hydroxylation sites is 1. The Morgan fingerprint density at radius 3 is 2.62 bits per heavy atom. The molecule has 1 aliphatic rings. The van der Waals surface area contributed by atoms with Crippen molar-refractivity contribution in [2.75, 3.05) is 28.6 Å². The molecule has 2 aromatic carbocycles. The number of benzene rings is 2. The highest BCUT2D eigenvalue weighted by Gasteiger charge is 2.18.